The van der Waals surface area contributed by atoms with E-state index in [2.05, 4.69) is 34.2 Å². The lowest BCUT2D eigenvalue weighted by Crippen LogP contribution is -2.13. The first-order chi connectivity index (χ1) is 17.9. The number of aromatic nitrogens is 4. The number of H-pyrrole nitrogens is 1. The van der Waals surface area contributed by atoms with Gasteiger partial charge < -0.3 is 10.5 Å². The molecule has 4 aromatic rings. The highest BCUT2D eigenvalue weighted by molar-refractivity contribution is 5.80. The normalized spacial score (nSPS) is 11.0. The molecule has 3 N–H and O–H groups in total. The maximum absolute atomic E-state index is 11.5. The van der Waals surface area contributed by atoms with Gasteiger partial charge in [0.15, 0.2) is 5.82 Å². The van der Waals surface area contributed by atoms with Gasteiger partial charge in [-0.2, -0.15) is 4.98 Å². The molecule has 0 radical (unpaired) electrons. The van der Waals surface area contributed by atoms with Crippen molar-refractivity contribution in [2.75, 3.05) is 6.61 Å². The molecule has 2 aromatic carbocycles. The van der Waals surface area contributed by atoms with E-state index >= 15 is 0 Å². The highest BCUT2D eigenvalue weighted by atomic mass is 16.5. The molecule has 0 aliphatic heterocycles. The predicted octanol–water partition coefficient (Wildman–Crippen LogP) is 4.37. The number of hydrogen-bond acceptors (Lipinski definition) is 7. The average Bonchev–Trinajstić information content (AvgIpc) is 3.33. The van der Waals surface area contributed by atoms with Crippen LogP contribution in [-0.4, -0.2) is 32.6 Å². The summed E-state index contributed by atoms with van der Waals surface area (Å²) >= 11 is 0. The third-order valence-electron chi connectivity index (χ3n) is 6.01. The van der Waals surface area contributed by atoms with Crippen LogP contribution in [0.4, 0.5) is 0 Å². The quantitative estimate of drug-likeness (QED) is 0.275. The number of rotatable bonds is 12. The highest BCUT2D eigenvalue weighted by Gasteiger charge is 2.16. The standard InChI is InChI=1S/C28H31N5O4/c1-3-4-10-24-23(27(31-18(2)30-24)36-16-7-11-25(29)34)17-19-12-14-20(15-13-19)21-8-5-6-9-22(21)26-32-28(35)37-33-26/h5-6,8-9,12-15H,3-4,7,10-11,16-17H2,1-2H3,(H2,29,34)(H,32,33,35). The van der Waals surface area contributed by atoms with E-state index in [1.54, 1.807) is 0 Å². The van der Waals surface area contributed by atoms with E-state index in [-0.39, 0.29) is 12.3 Å². The molecule has 37 heavy (non-hydrogen) atoms. The van der Waals surface area contributed by atoms with Crippen LogP contribution in [0.3, 0.4) is 0 Å². The molecule has 9 heteroatoms. The van der Waals surface area contributed by atoms with Crippen LogP contribution in [-0.2, 0) is 17.6 Å². The van der Waals surface area contributed by atoms with Crippen molar-refractivity contribution in [1.29, 1.82) is 0 Å². The molecule has 0 fully saturated rings. The third kappa shape index (κ3) is 6.69. The molecule has 0 aliphatic carbocycles. The Bertz CT molecular complexity index is 1410. The first-order valence-electron chi connectivity index (χ1n) is 12.5. The molecule has 0 spiro atoms. The Morgan fingerprint density at radius 1 is 1.05 bits per heavy atom. The SMILES string of the molecule is CCCCc1nc(C)nc(OCCCC(N)=O)c1Cc1ccc(-c2ccccc2-c2noc(=O)[nH]2)cc1. The first kappa shape index (κ1) is 25.8. The zero-order chi connectivity index (χ0) is 26.2. The van der Waals surface area contributed by atoms with Crippen LogP contribution in [0.5, 0.6) is 5.88 Å². The molecular formula is C28H31N5O4. The Morgan fingerprint density at radius 3 is 2.49 bits per heavy atom. The van der Waals surface area contributed by atoms with Crippen molar-refractivity contribution < 1.29 is 14.1 Å². The fraction of sp³-hybridized carbons (Fsp3) is 0.321. The van der Waals surface area contributed by atoms with Gasteiger partial charge in [0.1, 0.15) is 5.82 Å². The molecule has 0 bridgehead atoms. The zero-order valence-electron chi connectivity index (χ0n) is 21.1. The number of amides is 1. The Hall–Kier alpha value is -4.27. The lowest BCUT2D eigenvalue weighted by Gasteiger charge is -2.16. The van der Waals surface area contributed by atoms with Gasteiger partial charge in [-0.05, 0) is 42.9 Å². The van der Waals surface area contributed by atoms with Crippen molar-refractivity contribution in [2.45, 2.75) is 52.4 Å². The van der Waals surface area contributed by atoms with Gasteiger partial charge in [0, 0.05) is 24.0 Å². The van der Waals surface area contributed by atoms with E-state index in [1.165, 1.54) is 0 Å². The Kier molecular flexibility index (Phi) is 8.45. The van der Waals surface area contributed by atoms with Crippen LogP contribution >= 0.6 is 0 Å². The Labute approximate surface area is 215 Å². The van der Waals surface area contributed by atoms with Gasteiger partial charge in [-0.3, -0.25) is 14.3 Å². The molecule has 4 rings (SSSR count). The number of carbonyl (C=O) groups is 1. The van der Waals surface area contributed by atoms with Crippen LogP contribution in [0.2, 0.25) is 0 Å². The molecular weight excluding hydrogens is 470 g/mol. The van der Waals surface area contributed by atoms with Gasteiger partial charge in [-0.1, -0.05) is 67.0 Å². The highest BCUT2D eigenvalue weighted by Crippen LogP contribution is 2.31. The van der Waals surface area contributed by atoms with Crippen LogP contribution in [0.1, 0.15) is 55.3 Å². The topological polar surface area (TPSA) is 137 Å². The van der Waals surface area contributed by atoms with Crippen molar-refractivity contribution in [2.24, 2.45) is 5.73 Å². The fourth-order valence-electron chi connectivity index (χ4n) is 4.18. The third-order valence-corrected chi connectivity index (χ3v) is 6.01. The second-order valence-electron chi connectivity index (χ2n) is 8.89. The lowest BCUT2D eigenvalue weighted by molar-refractivity contribution is -0.118. The van der Waals surface area contributed by atoms with Crippen LogP contribution in [0.25, 0.3) is 22.5 Å². The summed E-state index contributed by atoms with van der Waals surface area (Å²) in [6, 6.07) is 15.9. The second-order valence-corrected chi connectivity index (χ2v) is 8.89. The number of nitrogens with zero attached hydrogens (tertiary/aromatic N) is 3. The van der Waals surface area contributed by atoms with Gasteiger partial charge >= 0.3 is 5.76 Å². The number of benzene rings is 2. The fourth-order valence-corrected chi connectivity index (χ4v) is 4.18. The van der Waals surface area contributed by atoms with E-state index in [9.17, 15) is 9.59 Å². The van der Waals surface area contributed by atoms with Gasteiger partial charge in [0.25, 0.3) is 0 Å². The number of nitrogens with two attached hydrogens (primary N) is 1. The molecule has 0 atom stereocenters. The second kappa shape index (κ2) is 12.1. The smallest absolute Gasteiger partial charge is 0.439 e. The monoisotopic (exact) mass is 501 g/mol. The molecule has 2 aromatic heterocycles. The van der Waals surface area contributed by atoms with Crippen molar-refractivity contribution in [3.63, 3.8) is 0 Å². The summed E-state index contributed by atoms with van der Waals surface area (Å²) in [7, 11) is 0. The van der Waals surface area contributed by atoms with E-state index in [0.717, 1.165) is 52.8 Å². The molecule has 0 saturated carbocycles. The summed E-state index contributed by atoms with van der Waals surface area (Å²) in [6.07, 6.45) is 4.34. The summed E-state index contributed by atoms with van der Waals surface area (Å²) < 4.78 is 10.7. The maximum atomic E-state index is 11.5. The Balaban J connectivity index is 1.61. The van der Waals surface area contributed by atoms with Gasteiger partial charge in [-0.25, -0.2) is 9.78 Å². The summed E-state index contributed by atoms with van der Waals surface area (Å²) in [4.78, 5) is 34.5. The van der Waals surface area contributed by atoms with Crippen molar-refractivity contribution >= 4 is 5.91 Å². The number of unbranched alkanes of at least 4 members (excludes halogenated alkanes) is 1. The molecule has 0 saturated heterocycles. The number of aromatic amines is 1. The van der Waals surface area contributed by atoms with E-state index in [4.69, 9.17) is 20.0 Å². The number of carbonyl (C=O) groups excluding carboxylic acids is 1. The summed E-state index contributed by atoms with van der Waals surface area (Å²) in [5, 5.41) is 3.84. The first-order valence-corrected chi connectivity index (χ1v) is 12.5. The van der Waals surface area contributed by atoms with Gasteiger partial charge in [0.2, 0.25) is 11.8 Å². The minimum atomic E-state index is -0.591. The van der Waals surface area contributed by atoms with Crippen molar-refractivity contribution in [3.05, 3.63) is 81.7 Å². The van der Waals surface area contributed by atoms with Crippen LogP contribution in [0, 0.1) is 6.92 Å². The van der Waals surface area contributed by atoms with Gasteiger partial charge in [-0.15, -0.1) is 0 Å². The minimum absolute atomic E-state index is 0.271. The largest absolute Gasteiger partial charge is 0.477 e. The minimum Gasteiger partial charge on any atom is -0.477 e. The number of aryl methyl sites for hydroxylation is 2. The van der Waals surface area contributed by atoms with Crippen molar-refractivity contribution in [1.82, 2.24) is 20.1 Å². The summed E-state index contributed by atoms with van der Waals surface area (Å²) in [6.45, 7) is 4.38. The summed E-state index contributed by atoms with van der Waals surface area (Å²) in [5.41, 5.74) is 11.0. The molecule has 192 valence electrons. The predicted molar refractivity (Wildman–Crippen MR) is 140 cm³/mol. The van der Waals surface area contributed by atoms with Crippen molar-refractivity contribution in [3.8, 4) is 28.4 Å². The van der Waals surface area contributed by atoms with E-state index in [1.807, 2.05) is 43.3 Å². The number of ether oxygens (including phenoxy) is 1. The number of hydrogen-bond donors (Lipinski definition) is 2. The van der Waals surface area contributed by atoms with Crippen LogP contribution < -0.4 is 16.2 Å². The molecule has 2 heterocycles. The zero-order valence-corrected chi connectivity index (χ0v) is 21.1. The Morgan fingerprint density at radius 2 is 1.81 bits per heavy atom. The number of nitrogens with one attached hydrogen (secondary N) is 1. The number of primary amides is 1. The molecule has 1 amide bonds. The average molecular weight is 502 g/mol. The van der Waals surface area contributed by atoms with Gasteiger partial charge in [0.05, 0.1) is 12.3 Å². The van der Waals surface area contributed by atoms with E-state index < -0.39 is 5.76 Å². The molecule has 0 aliphatic rings. The van der Waals surface area contributed by atoms with E-state index in [0.29, 0.717) is 37.0 Å². The van der Waals surface area contributed by atoms with Crippen LogP contribution in [0.15, 0.2) is 57.8 Å². The lowest BCUT2D eigenvalue weighted by atomic mass is 9.96. The molecule has 0 unspecified atom stereocenters. The maximum Gasteiger partial charge on any atom is 0.439 e. The molecule has 9 nitrogen and oxygen atoms in total. The summed E-state index contributed by atoms with van der Waals surface area (Å²) in [5.74, 6) is 0.681.